The maximum atomic E-state index is 13.1. The lowest BCUT2D eigenvalue weighted by Crippen LogP contribution is -2.31. The van der Waals surface area contributed by atoms with Crippen LogP contribution in [0.2, 0.25) is 0 Å². The van der Waals surface area contributed by atoms with Gasteiger partial charge >= 0.3 is 6.18 Å². The van der Waals surface area contributed by atoms with Crippen molar-refractivity contribution in [1.82, 2.24) is 15.1 Å². The molecule has 180 valence electrons. The zero-order valence-corrected chi connectivity index (χ0v) is 18.9. The van der Waals surface area contributed by atoms with E-state index in [0.717, 1.165) is 29.3 Å². The first-order valence-electron chi connectivity index (χ1n) is 10.5. The van der Waals surface area contributed by atoms with Crippen molar-refractivity contribution < 1.29 is 27.4 Å². The number of nitrogens with zero attached hydrogens (tertiary/aromatic N) is 2. The van der Waals surface area contributed by atoms with Gasteiger partial charge in [-0.2, -0.15) is 18.3 Å². The van der Waals surface area contributed by atoms with Gasteiger partial charge in [-0.1, -0.05) is 19.1 Å². The summed E-state index contributed by atoms with van der Waals surface area (Å²) in [6.45, 7) is 4.10. The predicted molar refractivity (Wildman–Crippen MR) is 120 cm³/mol. The van der Waals surface area contributed by atoms with Gasteiger partial charge in [0.15, 0.2) is 17.2 Å². The van der Waals surface area contributed by atoms with Crippen LogP contribution in [0.3, 0.4) is 0 Å². The normalized spacial score (nSPS) is 11.2. The summed E-state index contributed by atoms with van der Waals surface area (Å²) in [5, 5.41) is 6.65. The van der Waals surface area contributed by atoms with E-state index in [0.29, 0.717) is 23.7 Å². The molecule has 34 heavy (non-hydrogen) atoms. The number of benzene rings is 2. The Morgan fingerprint density at radius 1 is 1.12 bits per heavy atom. The summed E-state index contributed by atoms with van der Waals surface area (Å²) in [5.74, 6) is 0.320. The highest BCUT2D eigenvalue weighted by molar-refractivity contribution is 5.92. The molecule has 3 aromatic rings. The van der Waals surface area contributed by atoms with Crippen LogP contribution in [0.4, 0.5) is 13.2 Å². The van der Waals surface area contributed by atoms with E-state index < -0.39 is 28.8 Å². The zero-order valence-electron chi connectivity index (χ0n) is 18.9. The molecular weight excluding hydrogens is 451 g/mol. The quantitative estimate of drug-likeness (QED) is 0.526. The standard InChI is InChI=1S/C24H24F3N3O4/c1-4-10-34-20-9-8-16(12-21(20)33-3)14-28-23(32)22-19(31)11-15(2)30(29-22)18-7-5-6-17(13-18)24(25,26)27/h5-9,11-13H,4,10,14H2,1-3H3,(H,28,32). The maximum Gasteiger partial charge on any atom is 0.416 e. The van der Waals surface area contributed by atoms with E-state index in [1.54, 1.807) is 18.2 Å². The molecular formula is C24H24F3N3O4. The van der Waals surface area contributed by atoms with Crippen LogP contribution in [0.5, 0.6) is 11.5 Å². The number of methoxy groups -OCH3 is 1. The lowest BCUT2D eigenvalue weighted by Gasteiger charge is -2.14. The topological polar surface area (TPSA) is 82.5 Å². The van der Waals surface area contributed by atoms with Crippen LogP contribution in [-0.4, -0.2) is 29.4 Å². The third kappa shape index (κ3) is 5.75. The molecule has 0 atom stereocenters. The van der Waals surface area contributed by atoms with E-state index in [1.165, 1.54) is 26.2 Å². The molecule has 1 heterocycles. The molecule has 3 rings (SSSR count). The summed E-state index contributed by atoms with van der Waals surface area (Å²) in [6.07, 6.45) is -3.70. The second-order valence-electron chi connectivity index (χ2n) is 7.47. The Hall–Kier alpha value is -3.82. The van der Waals surface area contributed by atoms with Crippen LogP contribution >= 0.6 is 0 Å². The van der Waals surface area contributed by atoms with Crippen LogP contribution < -0.4 is 20.2 Å². The Bertz CT molecular complexity index is 1240. The second kappa shape index (κ2) is 10.4. The Labute approximate surface area is 194 Å². The number of nitrogens with one attached hydrogen (secondary N) is 1. The van der Waals surface area contributed by atoms with Crippen molar-refractivity contribution in [3.63, 3.8) is 0 Å². The zero-order chi connectivity index (χ0) is 24.9. The number of halogens is 3. The number of carbonyl (C=O) groups excluding carboxylic acids is 1. The third-order valence-electron chi connectivity index (χ3n) is 4.88. The van der Waals surface area contributed by atoms with Crippen LogP contribution in [-0.2, 0) is 12.7 Å². The Balaban J connectivity index is 1.83. The molecule has 0 radical (unpaired) electrons. The van der Waals surface area contributed by atoms with Crippen molar-refractivity contribution in [1.29, 1.82) is 0 Å². The Morgan fingerprint density at radius 3 is 2.56 bits per heavy atom. The van der Waals surface area contributed by atoms with Gasteiger partial charge in [0.05, 0.1) is 25.0 Å². The molecule has 0 aliphatic heterocycles. The summed E-state index contributed by atoms with van der Waals surface area (Å²) in [4.78, 5) is 25.1. The van der Waals surface area contributed by atoms with Crippen molar-refractivity contribution in [2.75, 3.05) is 13.7 Å². The molecule has 2 aromatic carbocycles. The number of aromatic nitrogens is 2. The maximum absolute atomic E-state index is 13.1. The molecule has 1 amide bonds. The van der Waals surface area contributed by atoms with Gasteiger partial charge in [0.25, 0.3) is 5.91 Å². The average Bonchev–Trinajstić information content (AvgIpc) is 2.81. The van der Waals surface area contributed by atoms with E-state index in [4.69, 9.17) is 9.47 Å². The molecule has 0 saturated heterocycles. The van der Waals surface area contributed by atoms with Gasteiger partial charge < -0.3 is 14.8 Å². The molecule has 0 saturated carbocycles. The summed E-state index contributed by atoms with van der Waals surface area (Å²) < 4.78 is 51.3. The van der Waals surface area contributed by atoms with Gasteiger partial charge in [0.2, 0.25) is 5.43 Å². The molecule has 10 heteroatoms. The van der Waals surface area contributed by atoms with Crippen LogP contribution in [0.25, 0.3) is 5.69 Å². The average molecular weight is 475 g/mol. The number of hydrogen-bond donors (Lipinski definition) is 1. The molecule has 0 aliphatic rings. The van der Waals surface area contributed by atoms with Crippen LogP contribution in [0.15, 0.2) is 53.3 Å². The second-order valence-corrected chi connectivity index (χ2v) is 7.47. The van der Waals surface area contributed by atoms with Crippen molar-refractivity contribution in [2.45, 2.75) is 33.0 Å². The number of hydrogen-bond acceptors (Lipinski definition) is 5. The molecule has 0 bridgehead atoms. The summed E-state index contributed by atoms with van der Waals surface area (Å²) in [6, 6.07) is 10.8. The molecule has 0 spiro atoms. The highest BCUT2D eigenvalue weighted by Crippen LogP contribution is 2.30. The Morgan fingerprint density at radius 2 is 1.88 bits per heavy atom. The third-order valence-corrected chi connectivity index (χ3v) is 4.88. The highest BCUT2D eigenvalue weighted by Gasteiger charge is 2.30. The highest BCUT2D eigenvalue weighted by atomic mass is 19.4. The molecule has 0 fully saturated rings. The minimum absolute atomic E-state index is 0.0712. The number of carbonyl (C=O) groups is 1. The van der Waals surface area contributed by atoms with Crippen molar-refractivity contribution >= 4 is 5.91 Å². The SMILES string of the molecule is CCCOc1ccc(CNC(=O)c2nn(-c3cccc(C(F)(F)F)c3)c(C)cc2=O)cc1OC. The monoisotopic (exact) mass is 475 g/mol. The summed E-state index contributed by atoms with van der Waals surface area (Å²) in [5.41, 5.74) is -0.880. The summed E-state index contributed by atoms with van der Waals surface area (Å²) >= 11 is 0. The van der Waals surface area contributed by atoms with Gasteiger partial charge in [-0.05, 0) is 49.2 Å². The van der Waals surface area contributed by atoms with E-state index in [2.05, 4.69) is 10.4 Å². The lowest BCUT2D eigenvalue weighted by atomic mass is 10.2. The summed E-state index contributed by atoms with van der Waals surface area (Å²) in [7, 11) is 1.50. The first-order valence-corrected chi connectivity index (χ1v) is 10.5. The predicted octanol–water partition coefficient (Wildman–Crippen LogP) is 4.29. The van der Waals surface area contributed by atoms with Gasteiger partial charge in [0, 0.05) is 18.3 Å². The van der Waals surface area contributed by atoms with E-state index in [-0.39, 0.29) is 17.9 Å². The fraction of sp³-hybridized carbons (Fsp3) is 0.292. The molecule has 0 aliphatic carbocycles. The number of rotatable bonds is 8. The fourth-order valence-corrected chi connectivity index (χ4v) is 3.20. The molecule has 1 aromatic heterocycles. The van der Waals surface area contributed by atoms with Gasteiger partial charge in [-0.25, -0.2) is 4.68 Å². The van der Waals surface area contributed by atoms with Crippen molar-refractivity contribution in [3.8, 4) is 17.2 Å². The minimum atomic E-state index is -4.54. The van der Waals surface area contributed by atoms with E-state index >= 15 is 0 Å². The smallest absolute Gasteiger partial charge is 0.416 e. The molecule has 0 unspecified atom stereocenters. The minimum Gasteiger partial charge on any atom is -0.493 e. The number of aryl methyl sites for hydroxylation is 1. The van der Waals surface area contributed by atoms with E-state index in [1.807, 2.05) is 6.92 Å². The van der Waals surface area contributed by atoms with Crippen LogP contribution in [0.1, 0.15) is 40.7 Å². The molecule has 7 nitrogen and oxygen atoms in total. The fourth-order valence-electron chi connectivity index (χ4n) is 3.20. The van der Waals surface area contributed by atoms with Crippen molar-refractivity contribution in [3.05, 3.63) is 81.3 Å². The van der Waals surface area contributed by atoms with E-state index in [9.17, 15) is 22.8 Å². The Kier molecular flexibility index (Phi) is 7.60. The van der Waals surface area contributed by atoms with Crippen LogP contribution in [0, 0.1) is 6.92 Å². The molecule has 1 N–H and O–H groups in total. The first-order chi connectivity index (χ1) is 16.1. The lowest BCUT2D eigenvalue weighted by molar-refractivity contribution is -0.137. The van der Waals surface area contributed by atoms with Gasteiger partial charge in [-0.15, -0.1) is 0 Å². The first kappa shape index (κ1) is 24.8. The van der Waals surface area contributed by atoms with Gasteiger partial charge in [0.1, 0.15) is 0 Å². The number of alkyl halides is 3. The van der Waals surface area contributed by atoms with Gasteiger partial charge in [-0.3, -0.25) is 9.59 Å². The number of ether oxygens (including phenoxy) is 2. The largest absolute Gasteiger partial charge is 0.493 e. The van der Waals surface area contributed by atoms with Crippen molar-refractivity contribution in [2.24, 2.45) is 0 Å². The number of amides is 1.